The van der Waals surface area contributed by atoms with Gasteiger partial charge in [0, 0.05) is 29.9 Å². The monoisotopic (exact) mass is 327 g/mol. The summed E-state index contributed by atoms with van der Waals surface area (Å²) in [5.74, 6) is 0.447. The SMILES string of the molecule is O=C(NC1CCC(n2ncccc2=O)CC1)c1cc(C2CC2)[nH]n1. The molecule has 2 N–H and O–H groups in total. The van der Waals surface area contributed by atoms with E-state index in [1.807, 2.05) is 6.07 Å². The van der Waals surface area contributed by atoms with Crippen molar-refractivity contribution in [2.45, 2.75) is 56.5 Å². The molecule has 0 radical (unpaired) electrons. The Morgan fingerprint density at radius 2 is 2.00 bits per heavy atom. The van der Waals surface area contributed by atoms with Gasteiger partial charge in [-0.2, -0.15) is 10.2 Å². The lowest BCUT2D eigenvalue weighted by Crippen LogP contribution is -2.39. The van der Waals surface area contributed by atoms with E-state index in [2.05, 4.69) is 20.6 Å². The number of hydrogen-bond donors (Lipinski definition) is 2. The predicted molar refractivity (Wildman–Crippen MR) is 87.8 cm³/mol. The van der Waals surface area contributed by atoms with Gasteiger partial charge < -0.3 is 5.32 Å². The fourth-order valence-electron chi connectivity index (χ4n) is 3.42. The number of aromatic amines is 1. The maximum atomic E-state index is 12.3. The highest BCUT2D eigenvalue weighted by Crippen LogP contribution is 2.39. The van der Waals surface area contributed by atoms with Crippen LogP contribution in [0.3, 0.4) is 0 Å². The number of H-pyrrole nitrogens is 1. The number of hydrogen-bond acceptors (Lipinski definition) is 4. The molecule has 2 heterocycles. The minimum absolute atomic E-state index is 0.0610. The standard InChI is InChI=1S/C17H21N5O2/c23-16-2-1-9-18-22(16)13-7-5-12(6-8-13)19-17(24)15-10-14(20-21-15)11-3-4-11/h1-2,9-13H,3-8H2,(H,19,24)(H,20,21). The third-order valence-electron chi connectivity index (χ3n) is 4.97. The summed E-state index contributed by atoms with van der Waals surface area (Å²) in [6.07, 6.45) is 7.38. The van der Waals surface area contributed by atoms with E-state index >= 15 is 0 Å². The van der Waals surface area contributed by atoms with Crippen LogP contribution in [0.5, 0.6) is 0 Å². The van der Waals surface area contributed by atoms with Gasteiger partial charge in [-0.15, -0.1) is 0 Å². The van der Waals surface area contributed by atoms with Crippen LogP contribution in [-0.4, -0.2) is 31.9 Å². The van der Waals surface area contributed by atoms with Gasteiger partial charge in [0.15, 0.2) is 0 Å². The van der Waals surface area contributed by atoms with Crippen LogP contribution in [0.1, 0.15) is 66.7 Å². The summed E-state index contributed by atoms with van der Waals surface area (Å²) in [6.45, 7) is 0. The lowest BCUT2D eigenvalue weighted by Gasteiger charge is -2.29. The molecule has 2 fully saturated rings. The minimum atomic E-state index is -0.114. The van der Waals surface area contributed by atoms with Crippen LogP contribution in [0.25, 0.3) is 0 Å². The average Bonchev–Trinajstić information content (AvgIpc) is 3.33. The Bertz CT molecular complexity index is 784. The summed E-state index contributed by atoms with van der Waals surface area (Å²) >= 11 is 0. The van der Waals surface area contributed by atoms with Crippen LogP contribution in [0.2, 0.25) is 0 Å². The molecule has 1 amide bonds. The third-order valence-corrected chi connectivity index (χ3v) is 4.97. The Balaban J connectivity index is 1.33. The zero-order valence-corrected chi connectivity index (χ0v) is 13.4. The van der Waals surface area contributed by atoms with E-state index in [4.69, 9.17) is 0 Å². The zero-order valence-electron chi connectivity index (χ0n) is 13.4. The number of nitrogens with zero attached hydrogens (tertiary/aromatic N) is 3. The molecular weight excluding hydrogens is 306 g/mol. The Hall–Kier alpha value is -2.44. The summed E-state index contributed by atoms with van der Waals surface area (Å²) in [7, 11) is 0. The average molecular weight is 327 g/mol. The van der Waals surface area contributed by atoms with Gasteiger partial charge in [-0.05, 0) is 50.7 Å². The predicted octanol–water partition coefficient (Wildman–Crippen LogP) is 1.76. The van der Waals surface area contributed by atoms with Crippen molar-refractivity contribution in [3.8, 4) is 0 Å². The normalized spacial score (nSPS) is 23.8. The molecule has 0 atom stereocenters. The Morgan fingerprint density at radius 1 is 1.21 bits per heavy atom. The quantitative estimate of drug-likeness (QED) is 0.895. The van der Waals surface area contributed by atoms with Crippen LogP contribution in [0.15, 0.2) is 29.2 Å². The first-order chi connectivity index (χ1) is 11.7. The largest absolute Gasteiger partial charge is 0.348 e. The highest BCUT2D eigenvalue weighted by Gasteiger charge is 2.28. The van der Waals surface area contributed by atoms with Crippen molar-refractivity contribution in [2.75, 3.05) is 0 Å². The molecule has 7 heteroatoms. The van der Waals surface area contributed by atoms with E-state index in [0.29, 0.717) is 11.6 Å². The topological polar surface area (TPSA) is 92.7 Å². The van der Waals surface area contributed by atoms with E-state index in [-0.39, 0.29) is 23.6 Å². The summed E-state index contributed by atoms with van der Waals surface area (Å²) in [5.41, 5.74) is 1.48. The first-order valence-electron chi connectivity index (χ1n) is 8.60. The second-order valence-corrected chi connectivity index (χ2v) is 6.77. The van der Waals surface area contributed by atoms with Gasteiger partial charge in [0.05, 0.1) is 6.04 Å². The molecule has 2 aromatic rings. The second-order valence-electron chi connectivity index (χ2n) is 6.77. The van der Waals surface area contributed by atoms with Crippen LogP contribution in [0, 0.1) is 0 Å². The number of nitrogens with one attached hydrogen (secondary N) is 2. The Kier molecular flexibility index (Phi) is 3.92. The van der Waals surface area contributed by atoms with E-state index in [1.54, 1.807) is 16.9 Å². The first kappa shape index (κ1) is 15.1. The van der Waals surface area contributed by atoms with Crippen molar-refractivity contribution in [3.05, 3.63) is 46.1 Å². The molecule has 0 bridgehead atoms. The first-order valence-corrected chi connectivity index (χ1v) is 8.60. The van der Waals surface area contributed by atoms with E-state index in [1.165, 1.54) is 18.9 Å². The maximum absolute atomic E-state index is 12.3. The highest BCUT2D eigenvalue weighted by molar-refractivity contribution is 5.92. The smallest absolute Gasteiger partial charge is 0.271 e. The number of amides is 1. The number of aromatic nitrogens is 4. The highest BCUT2D eigenvalue weighted by atomic mass is 16.2. The van der Waals surface area contributed by atoms with E-state index in [9.17, 15) is 9.59 Å². The molecule has 0 aliphatic heterocycles. The molecule has 7 nitrogen and oxygen atoms in total. The van der Waals surface area contributed by atoms with Gasteiger partial charge >= 0.3 is 0 Å². The van der Waals surface area contributed by atoms with Gasteiger partial charge in [-0.3, -0.25) is 14.7 Å². The van der Waals surface area contributed by atoms with Gasteiger partial charge in [0.2, 0.25) is 0 Å². The Labute approximate surface area is 139 Å². The summed E-state index contributed by atoms with van der Waals surface area (Å²) in [6, 6.07) is 5.32. The van der Waals surface area contributed by atoms with Gasteiger partial charge in [0.25, 0.3) is 11.5 Å². The van der Waals surface area contributed by atoms with Crippen molar-refractivity contribution >= 4 is 5.91 Å². The molecule has 0 unspecified atom stereocenters. The molecule has 0 saturated heterocycles. The Morgan fingerprint density at radius 3 is 2.71 bits per heavy atom. The molecule has 24 heavy (non-hydrogen) atoms. The molecule has 2 aliphatic carbocycles. The van der Waals surface area contributed by atoms with Crippen LogP contribution in [0.4, 0.5) is 0 Å². The summed E-state index contributed by atoms with van der Waals surface area (Å²) < 4.78 is 1.56. The van der Waals surface area contributed by atoms with Gasteiger partial charge in [0.1, 0.15) is 5.69 Å². The molecule has 2 aromatic heterocycles. The van der Waals surface area contributed by atoms with Crippen molar-refractivity contribution in [1.29, 1.82) is 0 Å². The van der Waals surface area contributed by atoms with Gasteiger partial charge in [-0.1, -0.05) is 0 Å². The van der Waals surface area contributed by atoms with E-state index < -0.39 is 0 Å². The molecular formula is C17H21N5O2. The lowest BCUT2D eigenvalue weighted by atomic mass is 9.91. The van der Waals surface area contributed by atoms with Gasteiger partial charge in [-0.25, -0.2) is 4.68 Å². The van der Waals surface area contributed by atoms with Crippen LogP contribution < -0.4 is 10.9 Å². The van der Waals surface area contributed by atoms with Crippen molar-refractivity contribution in [3.63, 3.8) is 0 Å². The number of carbonyl (C=O) groups excluding carboxylic acids is 1. The minimum Gasteiger partial charge on any atom is -0.348 e. The number of rotatable bonds is 4. The molecule has 0 spiro atoms. The van der Waals surface area contributed by atoms with Crippen molar-refractivity contribution in [2.24, 2.45) is 0 Å². The number of carbonyl (C=O) groups is 1. The van der Waals surface area contributed by atoms with Crippen LogP contribution in [-0.2, 0) is 0 Å². The maximum Gasteiger partial charge on any atom is 0.271 e. The molecule has 126 valence electrons. The van der Waals surface area contributed by atoms with Crippen molar-refractivity contribution in [1.82, 2.24) is 25.3 Å². The molecule has 2 aliphatic rings. The third kappa shape index (κ3) is 3.11. The van der Waals surface area contributed by atoms with E-state index in [0.717, 1.165) is 31.4 Å². The lowest BCUT2D eigenvalue weighted by molar-refractivity contribution is 0.0916. The zero-order chi connectivity index (χ0) is 16.5. The van der Waals surface area contributed by atoms with Crippen molar-refractivity contribution < 1.29 is 4.79 Å². The molecule has 2 saturated carbocycles. The second kappa shape index (κ2) is 6.22. The molecule has 0 aromatic carbocycles. The molecule has 4 rings (SSSR count). The fraction of sp³-hybridized carbons (Fsp3) is 0.529. The summed E-state index contributed by atoms with van der Waals surface area (Å²) in [5, 5.41) is 14.3. The summed E-state index contributed by atoms with van der Waals surface area (Å²) in [4.78, 5) is 24.2. The van der Waals surface area contributed by atoms with Crippen LogP contribution >= 0.6 is 0 Å². The fourth-order valence-corrected chi connectivity index (χ4v) is 3.42.